The van der Waals surface area contributed by atoms with Crippen LogP contribution in [0.1, 0.15) is 32.9 Å². The van der Waals surface area contributed by atoms with E-state index in [-0.39, 0.29) is 11.5 Å². The predicted octanol–water partition coefficient (Wildman–Crippen LogP) is 2.38. The Labute approximate surface area is 144 Å². The number of nitrogens with one attached hydrogen (secondary N) is 2. The molecule has 1 aliphatic heterocycles. The highest BCUT2D eigenvalue weighted by atomic mass is 19.1. The summed E-state index contributed by atoms with van der Waals surface area (Å²) in [6.07, 6.45) is 2.12. The van der Waals surface area contributed by atoms with Crippen LogP contribution >= 0.6 is 0 Å². The van der Waals surface area contributed by atoms with Crippen molar-refractivity contribution in [3.8, 4) is 0 Å². The van der Waals surface area contributed by atoms with E-state index in [9.17, 15) is 9.18 Å². The molecule has 0 aliphatic carbocycles. The number of carbonyl (C=O) groups is 1. The van der Waals surface area contributed by atoms with Gasteiger partial charge in [-0.2, -0.15) is 5.10 Å². The zero-order valence-corrected chi connectivity index (χ0v) is 14.1. The van der Waals surface area contributed by atoms with E-state index in [2.05, 4.69) is 20.7 Å². The number of amides is 1. The maximum atomic E-state index is 14.7. The summed E-state index contributed by atoms with van der Waals surface area (Å²) in [6.45, 7) is 5.05. The number of anilines is 1. The fourth-order valence-electron chi connectivity index (χ4n) is 3.21. The number of aromatic nitrogens is 3. The summed E-state index contributed by atoms with van der Waals surface area (Å²) in [5.74, 6) is -0.748. The van der Waals surface area contributed by atoms with E-state index in [1.165, 1.54) is 6.20 Å². The van der Waals surface area contributed by atoms with Gasteiger partial charge in [-0.3, -0.25) is 4.79 Å². The molecule has 0 atom stereocenters. The smallest absolute Gasteiger partial charge is 0.259 e. The van der Waals surface area contributed by atoms with Crippen LogP contribution in [0.15, 0.2) is 24.4 Å². The third kappa shape index (κ3) is 2.66. The first-order valence-electron chi connectivity index (χ1n) is 8.19. The summed E-state index contributed by atoms with van der Waals surface area (Å²) >= 11 is 0. The van der Waals surface area contributed by atoms with Gasteiger partial charge in [-0.25, -0.2) is 13.9 Å². The highest BCUT2D eigenvalue weighted by Gasteiger charge is 2.19. The SMILES string of the molecule is Cc1cc2ncc(C(=O)Nc3ccc4c(c3F)CCNC4)c(C)n2n1. The van der Waals surface area contributed by atoms with E-state index in [1.54, 1.807) is 17.5 Å². The van der Waals surface area contributed by atoms with Gasteiger partial charge in [-0.05, 0) is 44.0 Å². The van der Waals surface area contributed by atoms with Gasteiger partial charge in [0, 0.05) is 18.8 Å². The number of hydrogen-bond acceptors (Lipinski definition) is 4. The first-order chi connectivity index (χ1) is 12.0. The molecule has 1 aliphatic rings. The average molecular weight is 339 g/mol. The molecule has 6 nitrogen and oxygen atoms in total. The third-order valence-corrected chi connectivity index (χ3v) is 4.55. The van der Waals surface area contributed by atoms with E-state index in [1.807, 2.05) is 19.1 Å². The molecule has 0 bridgehead atoms. The highest BCUT2D eigenvalue weighted by Crippen LogP contribution is 2.25. The van der Waals surface area contributed by atoms with Crippen LogP contribution in [0.3, 0.4) is 0 Å². The minimum absolute atomic E-state index is 0.196. The maximum absolute atomic E-state index is 14.7. The summed E-state index contributed by atoms with van der Waals surface area (Å²) in [5.41, 5.74) is 4.34. The lowest BCUT2D eigenvalue weighted by Gasteiger charge is -2.19. The minimum atomic E-state index is -0.396. The molecule has 3 aromatic rings. The normalized spacial score (nSPS) is 13.7. The van der Waals surface area contributed by atoms with Crippen LogP contribution in [0.5, 0.6) is 0 Å². The van der Waals surface area contributed by atoms with Crippen molar-refractivity contribution in [3.05, 3.63) is 58.3 Å². The largest absolute Gasteiger partial charge is 0.319 e. The van der Waals surface area contributed by atoms with Gasteiger partial charge < -0.3 is 10.6 Å². The molecule has 2 aromatic heterocycles. The second kappa shape index (κ2) is 5.93. The second-order valence-corrected chi connectivity index (χ2v) is 6.26. The molecule has 1 amide bonds. The molecule has 2 N–H and O–H groups in total. The van der Waals surface area contributed by atoms with E-state index >= 15 is 0 Å². The van der Waals surface area contributed by atoms with E-state index < -0.39 is 5.91 Å². The lowest BCUT2D eigenvalue weighted by Crippen LogP contribution is -2.25. The number of carbonyl (C=O) groups excluding carboxylic acids is 1. The Kier molecular flexibility index (Phi) is 3.73. The zero-order chi connectivity index (χ0) is 17.6. The van der Waals surface area contributed by atoms with Crippen LogP contribution in [-0.4, -0.2) is 27.0 Å². The third-order valence-electron chi connectivity index (χ3n) is 4.55. The Hall–Kier alpha value is -2.80. The summed E-state index contributed by atoms with van der Waals surface area (Å²) in [7, 11) is 0. The lowest BCUT2D eigenvalue weighted by atomic mass is 9.99. The maximum Gasteiger partial charge on any atom is 0.259 e. The number of hydrogen-bond donors (Lipinski definition) is 2. The minimum Gasteiger partial charge on any atom is -0.319 e. The van der Waals surface area contributed by atoms with Gasteiger partial charge >= 0.3 is 0 Å². The van der Waals surface area contributed by atoms with Gasteiger partial charge in [0.15, 0.2) is 5.65 Å². The van der Waals surface area contributed by atoms with Crippen molar-refractivity contribution in [2.75, 3.05) is 11.9 Å². The lowest BCUT2D eigenvalue weighted by molar-refractivity contribution is 0.102. The Morgan fingerprint density at radius 2 is 2.20 bits per heavy atom. The molecule has 128 valence electrons. The molecule has 4 rings (SSSR count). The molecule has 0 saturated carbocycles. The first kappa shape index (κ1) is 15.7. The number of halogens is 1. The Bertz CT molecular complexity index is 995. The highest BCUT2D eigenvalue weighted by molar-refractivity contribution is 6.05. The number of fused-ring (bicyclic) bond motifs is 2. The van der Waals surface area contributed by atoms with Crippen molar-refractivity contribution in [2.24, 2.45) is 0 Å². The van der Waals surface area contributed by atoms with Crippen molar-refractivity contribution in [1.29, 1.82) is 0 Å². The molecule has 0 unspecified atom stereocenters. The van der Waals surface area contributed by atoms with Crippen LogP contribution in [0, 0.1) is 19.7 Å². The standard InChI is InChI=1S/C18H18FN5O/c1-10-7-16-21-9-14(11(2)24(16)23-10)18(25)22-15-4-3-12-8-20-6-5-13(12)17(15)19/h3-4,7,9,20H,5-6,8H2,1-2H3,(H,22,25). The van der Waals surface area contributed by atoms with Crippen LogP contribution in [0.4, 0.5) is 10.1 Å². The van der Waals surface area contributed by atoms with E-state index in [4.69, 9.17) is 0 Å². The Morgan fingerprint density at radius 3 is 3.04 bits per heavy atom. The second-order valence-electron chi connectivity index (χ2n) is 6.26. The number of rotatable bonds is 2. The van der Waals surface area contributed by atoms with Gasteiger partial charge in [-0.1, -0.05) is 6.07 Å². The van der Waals surface area contributed by atoms with E-state index in [0.717, 1.165) is 17.8 Å². The molecule has 3 heterocycles. The molecule has 1 aromatic carbocycles. The summed E-state index contributed by atoms with van der Waals surface area (Å²) in [4.78, 5) is 16.9. The monoisotopic (exact) mass is 339 g/mol. The van der Waals surface area contributed by atoms with Crippen molar-refractivity contribution < 1.29 is 9.18 Å². The summed E-state index contributed by atoms with van der Waals surface area (Å²) < 4.78 is 16.3. The van der Waals surface area contributed by atoms with Crippen LogP contribution < -0.4 is 10.6 Å². The first-order valence-corrected chi connectivity index (χ1v) is 8.19. The fraction of sp³-hybridized carbons (Fsp3) is 0.278. The van der Waals surface area contributed by atoms with Crippen molar-refractivity contribution in [2.45, 2.75) is 26.8 Å². The van der Waals surface area contributed by atoms with Crippen LogP contribution in [0.25, 0.3) is 5.65 Å². The number of nitrogens with zero attached hydrogens (tertiary/aromatic N) is 3. The zero-order valence-electron chi connectivity index (χ0n) is 14.1. The average Bonchev–Trinajstić information content (AvgIpc) is 2.99. The molecule has 7 heteroatoms. The van der Waals surface area contributed by atoms with Crippen LogP contribution in [-0.2, 0) is 13.0 Å². The summed E-state index contributed by atoms with van der Waals surface area (Å²) in [5, 5.41) is 10.2. The molecular weight excluding hydrogens is 321 g/mol. The van der Waals surface area contributed by atoms with Crippen molar-refractivity contribution in [1.82, 2.24) is 19.9 Å². The van der Waals surface area contributed by atoms with Crippen LogP contribution in [0.2, 0.25) is 0 Å². The van der Waals surface area contributed by atoms with Gasteiger partial charge in [0.25, 0.3) is 5.91 Å². The molecule has 25 heavy (non-hydrogen) atoms. The number of benzene rings is 1. The summed E-state index contributed by atoms with van der Waals surface area (Å²) in [6, 6.07) is 5.30. The fourth-order valence-corrected chi connectivity index (χ4v) is 3.21. The Morgan fingerprint density at radius 1 is 1.36 bits per heavy atom. The van der Waals surface area contributed by atoms with Gasteiger partial charge in [0.1, 0.15) is 5.82 Å². The molecule has 0 saturated heterocycles. The quantitative estimate of drug-likeness (QED) is 0.752. The predicted molar refractivity (Wildman–Crippen MR) is 92.2 cm³/mol. The molecule has 0 radical (unpaired) electrons. The Balaban J connectivity index is 1.67. The molecule has 0 spiro atoms. The number of aryl methyl sites for hydroxylation is 2. The van der Waals surface area contributed by atoms with E-state index in [0.29, 0.717) is 35.4 Å². The van der Waals surface area contributed by atoms with Gasteiger partial charge in [0.05, 0.1) is 22.6 Å². The topological polar surface area (TPSA) is 71.3 Å². The van der Waals surface area contributed by atoms with Crippen molar-refractivity contribution >= 4 is 17.2 Å². The molecule has 0 fully saturated rings. The van der Waals surface area contributed by atoms with Gasteiger partial charge in [0.2, 0.25) is 0 Å². The van der Waals surface area contributed by atoms with Crippen molar-refractivity contribution in [3.63, 3.8) is 0 Å². The van der Waals surface area contributed by atoms with Gasteiger partial charge in [-0.15, -0.1) is 0 Å². The molecular formula is C18H18FN5O.